The zero-order valence-corrected chi connectivity index (χ0v) is 14.3. The van der Waals surface area contributed by atoms with Crippen LogP contribution in [-0.2, 0) is 0 Å². The number of carbonyl (C=O) groups is 1. The van der Waals surface area contributed by atoms with Crippen molar-refractivity contribution in [3.63, 3.8) is 0 Å². The first-order valence-corrected chi connectivity index (χ1v) is 8.13. The Bertz CT molecular complexity index is 823. The maximum atomic E-state index is 12.3. The quantitative estimate of drug-likeness (QED) is 0.549. The highest BCUT2D eigenvalue weighted by Crippen LogP contribution is 2.12. The largest absolute Gasteiger partial charge is 0.271 e. The van der Waals surface area contributed by atoms with Gasteiger partial charge in [-0.2, -0.15) is 5.10 Å². The molecule has 4 nitrogen and oxygen atoms in total. The second-order valence-electron chi connectivity index (χ2n) is 5.01. The fourth-order valence-corrected chi connectivity index (χ4v) is 2.60. The van der Waals surface area contributed by atoms with E-state index in [-0.39, 0.29) is 5.91 Å². The van der Waals surface area contributed by atoms with E-state index in [1.54, 1.807) is 24.5 Å². The van der Waals surface area contributed by atoms with Gasteiger partial charge in [0.2, 0.25) is 0 Å². The molecule has 118 valence electrons. The molecule has 2 aromatic carbocycles. The molecular formula is C19H14BrN3O. The molecule has 1 heterocycles. The van der Waals surface area contributed by atoms with Crippen molar-refractivity contribution in [2.24, 2.45) is 5.10 Å². The van der Waals surface area contributed by atoms with Gasteiger partial charge in [-0.05, 0) is 30.3 Å². The zero-order chi connectivity index (χ0) is 16.8. The SMILES string of the molecule is O=C(NN=C(c1ccccc1)c1ccncc1)c1cccc(Br)c1. The second-order valence-corrected chi connectivity index (χ2v) is 5.93. The van der Waals surface area contributed by atoms with Crippen LogP contribution >= 0.6 is 15.9 Å². The summed E-state index contributed by atoms with van der Waals surface area (Å²) in [6, 6.07) is 20.6. The number of halogens is 1. The van der Waals surface area contributed by atoms with Crippen LogP contribution in [0.25, 0.3) is 0 Å². The van der Waals surface area contributed by atoms with Crippen molar-refractivity contribution in [2.45, 2.75) is 0 Å². The minimum Gasteiger partial charge on any atom is -0.267 e. The van der Waals surface area contributed by atoms with Gasteiger partial charge < -0.3 is 0 Å². The van der Waals surface area contributed by atoms with Crippen LogP contribution in [0.3, 0.4) is 0 Å². The Morgan fingerprint density at radius 2 is 1.54 bits per heavy atom. The second kappa shape index (κ2) is 7.66. The molecule has 0 fully saturated rings. The fourth-order valence-electron chi connectivity index (χ4n) is 2.20. The maximum Gasteiger partial charge on any atom is 0.271 e. The van der Waals surface area contributed by atoms with Crippen molar-refractivity contribution >= 4 is 27.5 Å². The predicted octanol–water partition coefficient (Wildman–Crippen LogP) is 4.03. The van der Waals surface area contributed by atoms with Crippen LogP contribution < -0.4 is 5.43 Å². The van der Waals surface area contributed by atoms with Gasteiger partial charge in [0.15, 0.2) is 0 Å². The minimum absolute atomic E-state index is 0.265. The Hall–Kier alpha value is -2.79. The van der Waals surface area contributed by atoms with E-state index in [0.29, 0.717) is 11.3 Å². The van der Waals surface area contributed by atoms with Crippen molar-refractivity contribution in [2.75, 3.05) is 0 Å². The first-order chi connectivity index (χ1) is 11.7. The molecule has 1 amide bonds. The zero-order valence-electron chi connectivity index (χ0n) is 12.7. The monoisotopic (exact) mass is 379 g/mol. The highest BCUT2D eigenvalue weighted by atomic mass is 79.9. The van der Waals surface area contributed by atoms with Gasteiger partial charge in [0.1, 0.15) is 0 Å². The molecule has 0 radical (unpaired) electrons. The third-order valence-electron chi connectivity index (χ3n) is 3.36. The molecule has 0 aliphatic carbocycles. The highest BCUT2D eigenvalue weighted by Gasteiger charge is 2.09. The standard InChI is InChI=1S/C19H14BrN3O/c20-17-8-4-7-16(13-17)19(24)23-22-18(14-5-2-1-3-6-14)15-9-11-21-12-10-15/h1-13H,(H,23,24). The number of amides is 1. The average Bonchev–Trinajstić information content (AvgIpc) is 2.63. The molecule has 3 aromatic rings. The molecule has 0 saturated heterocycles. The Balaban J connectivity index is 1.91. The first kappa shape index (κ1) is 16.1. The summed E-state index contributed by atoms with van der Waals surface area (Å²) in [6.45, 7) is 0. The summed E-state index contributed by atoms with van der Waals surface area (Å²) in [7, 11) is 0. The first-order valence-electron chi connectivity index (χ1n) is 7.33. The number of benzene rings is 2. The van der Waals surface area contributed by atoms with Crippen LogP contribution in [0.4, 0.5) is 0 Å². The normalized spacial score (nSPS) is 11.1. The lowest BCUT2D eigenvalue weighted by molar-refractivity contribution is 0.0955. The summed E-state index contributed by atoms with van der Waals surface area (Å²) in [6.07, 6.45) is 3.40. The average molecular weight is 380 g/mol. The molecule has 0 saturated carbocycles. The van der Waals surface area contributed by atoms with Crippen LogP contribution in [0.2, 0.25) is 0 Å². The molecule has 0 bridgehead atoms. The van der Waals surface area contributed by atoms with E-state index in [9.17, 15) is 4.79 Å². The highest BCUT2D eigenvalue weighted by molar-refractivity contribution is 9.10. The number of rotatable bonds is 4. The summed E-state index contributed by atoms with van der Waals surface area (Å²) >= 11 is 3.36. The van der Waals surface area contributed by atoms with E-state index in [1.165, 1.54) is 0 Å². The number of pyridine rings is 1. The lowest BCUT2D eigenvalue weighted by Gasteiger charge is -2.08. The summed E-state index contributed by atoms with van der Waals surface area (Å²) in [5.74, 6) is -0.265. The van der Waals surface area contributed by atoms with Crippen LogP contribution in [0.1, 0.15) is 21.5 Å². The molecular weight excluding hydrogens is 366 g/mol. The van der Waals surface area contributed by atoms with E-state index in [0.717, 1.165) is 15.6 Å². The Morgan fingerprint density at radius 3 is 2.25 bits per heavy atom. The van der Waals surface area contributed by atoms with Crippen LogP contribution in [0.5, 0.6) is 0 Å². The van der Waals surface area contributed by atoms with E-state index in [1.807, 2.05) is 54.6 Å². The maximum absolute atomic E-state index is 12.3. The van der Waals surface area contributed by atoms with Gasteiger partial charge in [-0.15, -0.1) is 0 Å². The molecule has 0 unspecified atom stereocenters. The Kier molecular flexibility index (Phi) is 5.13. The van der Waals surface area contributed by atoms with Crippen molar-refractivity contribution in [1.82, 2.24) is 10.4 Å². The van der Waals surface area contributed by atoms with E-state index in [4.69, 9.17) is 0 Å². The molecule has 3 rings (SSSR count). The van der Waals surface area contributed by atoms with Crippen molar-refractivity contribution < 1.29 is 4.79 Å². The molecule has 24 heavy (non-hydrogen) atoms. The third kappa shape index (κ3) is 3.94. The summed E-state index contributed by atoms with van der Waals surface area (Å²) in [4.78, 5) is 16.3. The number of hydrazone groups is 1. The van der Waals surface area contributed by atoms with Crippen molar-refractivity contribution in [3.8, 4) is 0 Å². The van der Waals surface area contributed by atoms with Gasteiger partial charge in [0.25, 0.3) is 5.91 Å². The number of hydrogen-bond acceptors (Lipinski definition) is 3. The minimum atomic E-state index is -0.265. The van der Waals surface area contributed by atoms with E-state index in [2.05, 4.69) is 31.4 Å². The van der Waals surface area contributed by atoms with Gasteiger partial charge in [-0.3, -0.25) is 9.78 Å². The van der Waals surface area contributed by atoms with E-state index >= 15 is 0 Å². The van der Waals surface area contributed by atoms with Gasteiger partial charge >= 0.3 is 0 Å². The van der Waals surface area contributed by atoms with Crippen LogP contribution in [0, 0.1) is 0 Å². The molecule has 5 heteroatoms. The summed E-state index contributed by atoms with van der Waals surface area (Å²) in [5.41, 5.74) is 5.65. The van der Waals surface area contributed by atoms with Crippen molar-refractivity contribution in [1.29, 1.82) is 0 Å². The fraction of sp³-hybridized carbons (Fsp3) is 0. The molecule has 1 aromatic heterocycles. The number of nitrogens with one attached hydrogen (secondary N) is 1. The summed E-state index contributed by atoms with van der Waals surface area (Å²) < 4.78 is 0.844. The number of carbonyl (C=O) groups excluding carboxylic acids is 1. The number of nitrogens with zero attached hydrogens (tertiary/aromatic N) is 2. The molecule has 0 aliphatic rings. The molecule has 0 aliphatic heterocycles. The lowest BCUT2D eigenvalue weighted by atomic mass is 10.0. The van der Waals surface area contributed by atoms with Crippen LogP contribution in [0.15, 0.2) is 88.7 Å². The Morgan fingerprint density at radius 1 is 0.875 bits per heavy atom. The predicted molar refractivity (Wildman–Crippen MR) is 97.9 cm³/mol. The van der Waals surface area contributed by atoms with Gasteiger partial charge in [0.05, 0.1) is 5.71 Å². The van der Waals surface area contributed by atoms with Gasteiger partial charge in [0, 0.05) is 33.6 Å². The number of aromatic nitrogens is 1. The molecule has 0 atom stereocenters. The summed E-state index contributed by atoms with van der Waals surface area (Å²) in [5, 5.41) is 4.34. The van der Waals surface area contributed by atoms with Gasteiger partial charge in [-0.25, -0.2) is 5.43 Å². The number of hydrogen-bond donors (Lipinski definition) is 1. The molecule has 1 N–H and O–H groups in total. The Labute approximate surface area is 148 Å². The molecule has 0 spiro atoms. The van der Waals surface area contributed by atoms with E-state index < -0.39 is 0 Å². The van der Waals surface area contributed by atoms with Crippen LogP contribution in [-0.4, -0.2) is 16.6 Å². The third-order valence-corrected chi connectivity index (χ3v) is 3.85. The van der Waals surface area contributed by atoms with Crippen molar-refractivity contribution in [3.05, 3.63) is 100 Å². The topological polar surface area (TPSA) is 54.4 Å². The van der Waals surface area contributed by atoms with Gasteiger partial charge in [-0.1, -0.05) is 52.3 Å². The lowest BCUT2D eigenvalue weighted by Crippen LogP contribution is -2.20. The smallest absolute Gasteiger partial charge is 0.267 e.